The molecule has 6 heteroatoms. The maximum absolute atomic E-state index is 12.7. The zero-order valence-electron chi connectivity index (χ0n) is 13.4. The van der Waals surface area contributed by atoms with E-state index >= 15 is 0 Å². The number of hydrogen-bond donors (Lipinski definition) is 1. The Hall–Kier alpha value is -1.85. The lowest BCUT2D eigenvalue weighted by Gasteiger charge is -2.19. The summed E-state index contributed by atoms with van der Waals surface area (Å²) in [4.78, 5) is 18.8. The van der Waals surface area contributed by atoms with Crippen molar-refractivity contribution in [1.29, 1.82) is 0 Å². The lowest BCUT2D eigenvalue weighted by molar-refractivity contribution is 0.0753. The number of likely N-dealkylation sites (tertiary alicyclic amines) is 1. The van der Waals surface area contributed by atoms with E-state index in [9.17, 15) is 4.79 Å². The number of hydrogen-bond acceptors (Lipinski definition) is 4. The highest BCUT2D eigenvalue weighted by molar-refractivity contribution is 6.33. The van der Waals surface area contributed by atoms with Crippen molar-refractivity contribution in [2.75, 3.05) is 19.7 Å². The van der Waals surface area contributed by atoms with Gasteiger partial charge in [0.2, 0.25) is 5.89 Å². The number of benzene rings is 1. The molecule has 1 fully saturated rings. The van der Waals surface area contributed by atoms with Gasteiger partial charge in [-0.25, -0.2) is 4.98 Å². The van der Waals surface area contributed by atoms with Crippen molar-refractivity contribution in [2.24, 2.45) is 5.92 Å². The molecule has 1 aliphatic heterocycles. The molecule has 1 atom stereocenters. The summed E-state index contributed by atoms with van der Waals surface area (Å²) < 4.78 is 5.46. The highest BCUT2D eigenvalue weighted by Gasteiger charge is 2.24. The summed E-state index contributed by atoms with van der Waals surface area (Å²) >= 11 is 6.15. The fraction of sp³-hybridized carbons (Fsp3) is 0.444. The molecule has 1 saturated heterocycles. The predicted octanol–water partition coefficient (Wildman–Crippen LogP) is 3.62. The second-order valence-electron chi connectivity index (χ2n) is 6.12. The highest BCUT2D eigenvalue weighted by Crippen LogP contribution is 2.27. The third-order valence-electron chi connectivity index (χ3n) is 4.50. The number of aliphatic hydroxyl groups excluding tert-OH is 1. The Balaban J connectivity index is 1.71. The molecule has 0 radical (unpaired) electrons. The van der Waals surface area contributed by atoms with E-state index in [0.29, 0.717) is 34.6 Å². The minimum Gasteiger partial charge on any atom is -0.444 e. The van der Waals surface area contributed by atoms with Crippen LogP contribution in [0.25, 0.3) is 11.5 Å². The van der Waals surface area contributed by atoms with Crippen LogP contribution in [0.3, 0.4) is 0 Å². The number of oxazole rings is 1. The van der Waals surface area contributed by atoms with Crippen LogP contribution < -0.4 is 0 Å². The Bertz CT molecular complexity index is 701. The van der Waals surface area contributed by atoms with E-state index in [2.05, 4.69) is 4.98 Å². The Morgan fingerprint density at radius 3 is 2.96 bits per heavy atom. The number of amides is 1. The van der Waals surface area contributed by atoms with E-state index in [1.165, 1.54) is 6.26 Å². The van der Waals surface area contributed by atoms with Gasteiger partial charge in [0.15, 0.2) is 5.69 Å². The summed E-state index contributed by atoms with van der Waals surface area (Å²) in [5.41, 5.74) is 0.989. The molecular formula is C18H21ClN2O3. The van der Waals surface area contributed by atoms with Crippen LogP contribution in [-0.2, 0) is 0 Å². The summed E-state index contributed by atoms with van der Waals surface area (Å²) in [7, 11) is 0. The van der Waals surface area contributed by atoms with Gasteiger partial charge < -0.3 is 14.4 Å². The largest absolute Gasteiger partial charge is 0.444 e. The molecule has 0 saturated carbocycles. The quantitative estimate of drug-likeness (QED) is 0.916. The second kappa shape index (κ2) is 7.81. The summed E-state index contributed by atoms with van der Waals surface area (Å²) in [5, 5.41) is 9.62. The van der Waals surface area contributed by atoms with E-state index in [1.807, 2.05) is 23.1 Å². The van der Waals surface area contributed by atoms with Crippen LogP contribution in [0.4, 0.5) is 0 Å². The van der Waals surface area contributed by atoms with Crippen LogP contribution in [0.5, 0.6) is 0 Å². The first kappa shape index (κ1) is 17.0. The molecule has 0 bridgehead atoms. The lowest BCUT2D eigenvalue weighted by atomic mass is 9.98. The van der Waals surface area contributed by atoms with Crippen molar-refractivity contribution in [3.8, 4) is 11.5 Å². The van der Waals surface area contributed by atoms with E-state index < -0.39 is 0 Å². The minimum atomic E-state index is -0.110. The fourth-order valence-corrected chi connectivity index (χ4v) is 3.35. The average Bonchev–Trinajstić information content (AvgIpc) is 2.95. The SMILES string of the molecule is O=C(c1coc(-c2ccccc2Cl)n1)N1CCCC(CCO)CC1. The molecule has 1 aliphatic rings. The number of carbonyl (C=O) groups is 1. The number of aliphatic hydroxyl groups is 1. The third kappa shape index (κ3) is 3.79. The van der Waals surface area contributed by atoms with E-state index in [1.54, 1.807) is 6.07 Å². The van der Waals surface area contributed by atoms with Gasteiger partial charge in [-0.3, -0.25) is 4.79 Å². The first-order valence-electron chi connectivity index (χ1n) is 8.29. The highest BCUT2D eigenvalue weighted by atomic mass is 35.5. The molecule has 5 nitrogen and oxygen atoms in total. The number of carbonyl (C=O) groups excluding carboxylic acids is 1. The Morgan fingerprint density at radius 2 is 2.17 bits per heavy atom. The van der Waals surface area contributed by atoms with Crippen molar-refractivity contribution in [3.63, 3.8) is 0 Å². The maximum Gasteiger partial charge on any atom is 0.275 e. The van der Waals surface area contributed by atoms with E-state index in [-0.39, 0.29) is 12.5 Å². The van der Waals surface area contributed by atoms with Crippen LogP contribution in [-0.4, -0.2) is 40.6 Å². The fourth-order valence-electron chi connectivity index (χ4n) is 3.13. The summed E-state index contributed by atoms with van der Waals surface area (Å²) in [6.07, 6.45) is 5.13. The number of aromatic nitrogens is 1. The smallest absolute Gasteiger partial charge is 0.275 e. The van der Waals surface area contributed by atoms with Gasteiger partial charge in [-0.1, -0.05) is 23.7 Å². The summed E-state index contributed by atoms with van der Waals surface area (Å²) in [5.74, 6) is 0.738. The molecule has 1 amide bonds. The predicted molar refractivity (Wildman–Crippen MR) is 91.9 cm³/mol. The standard InChI is InChI=1S/C18H21ClN2O3/c19-15-6-2-1-5-14(15)17-20-16(12-24-17)18(23)21-9-3-4-13(7-10-21)8-11-22/h1-2,5-6,12-13,22H,3-4,7-11H2. The molecule has 3 rings (SSSR count). The van der Waals surface area contributed by atoms with Crippen LogP contribution in [0.15, 0.2) is 34.9 Å². The van der Waals surface area contributed by atoms with Gasteiger partial charge in [0, 0.05) is 19.7 Å². The molecule has 2 aromatic rings. The molecule has 1 N–H and O–H groups in total. The van der Waals surface area contributed by atoms with Crippen molar-refractivity contribution < 1.29 is 14.3 Å². The number of rotatable bonds is 4. The molecule has 2 heterocycles. The first-order valence-corrected chi connectivity index (χ1v) is 8.67. The molecule has 24 heavy (non-hydrogen) atoms. The minimum absolute atomic E-state index is 0.110. The van der Waals surface area contributed by atoms with Gasteiger partial charge in [-0.2, -0.15) is 0 Å². The van der Waals surface area contributed by atoms with Gasteiger partial charge in [0.1, 0.15) is 6.26 Å². The normalized spacial score (nSPS) is 18.4. The van der Waals surface area contributed by atoms with Gasteiger partial charge in [0.25, 0.3) is 5.91 Å². The molecule has 0 aliphatic carbocycles. The van der Waals surface area contributed by atoms with Gasteiger partial charge in [0.05, 0.1) is 10.6 Å². The van der Waals surface area contributed by atoms with Crippen LogP contribution in [0, 0.1) is 5.92 Å². The Labute approximate surface area is 146 Å². The zero-order valence-corrected chi connectivity index (χ0v) is 14.2. The van der Waals surface area contributed by atoms with E-state index in [0.717, 1.165) is 32.2 Å². The molecule has 128 valence electrons. The van der Waals surface area contributed by atoms with Crippen molar-refractivity contribution >= 4 is 17.5 Å². The molecule has 1 aromatic carbocycles. The molecular weight excluding hydrogens is 328 g/mol. The first-order chi connectivity index (χ1) is 11.7. The monoisotopic (exact) mass is 348 g/mol. The van der Waals surface area contributed by atoms with Crippen molar-refractivity contribution in [1.82, 2.24) is 9.88 Å². The second-order valence-corrected chi connectivity index (χ2v) is 6.53. The number of nitrogens with zero attached hydrogens (tertiary/aromatic N) is 2. The Morgan fingerprint density at radius 1 is 1.33 bits per heavy atom. The molecule has 1 aromatic heterocycles. The van der Waals surface area contributed by atoms with Gasteiger partial charge in [-0.05, 0) is 43.7 Å². The Kier molecular flexibility index (Phi) is 5.53. The van der Waals surface area contributed by atoms with Crippen molar-refractivity contribution in [3.05, 3.63) is 41.2 Å². The lowest BCUT2D eigenvalue weighted by Crippen LogP contribution is -2.32. The average molecular weight is 349 g/mol. The summed E-state index contributed by atoms with van der Waals surface area (Å²) in [6.45, 7) is 1.62. The van der Waals surface area contributed by atoms with Crippen LogP contribution >= 0.6 is 11.6 Å². The molecule has 0 spiro atoms. The van der Waals surface area contributed by atoms with Gasteiger partial charge in [-0.15, -0.1) is 0 Å². The van der Waals surface area contributed by atoms with E-state index in [4.69, 9.17) is 21.1 Å². The van der Waals surface area contributed by atoms with Gasteiger partial charge >= 0.3 is 0 Å². The number of halogens is 1. The topological polar surface area (TPSA) is 66.6 Å². The van der Waals surface area contributed by atoms with Crippen LogP contribution in [0.1, 0.15) is 36.2 Å². The summed E-state index contributed by atoms with van der Waals surface area (Å²) in [6, 6.07) is 7.26. The van der Waals surface area contributed by atoms with Crippen LogP contribution in [0.2, 0.25) is 5.02 Å². The molecule has 1 unspecified atom stereocenters. The maximum atomic E-state index is 12.7. The van der Waals surface area contributed by atoms with Crippen molar-refractivity contribution in [2.45, 2.75) is 25.7 Å². The zero-order chi connectivity index (χ0) is 16.9. The third-order valence-corrected chi connectivity index (χ3v) is 4.83.